The summed E-state index contributed by atoms with van der Waals surface area (Å²) in [5.74, 6) is -0.0626. The number of pyridine rings is 1. The molecule has 1 amide bonds. The molecule has 0 aliphatic carbocycles. The van der Waals surface area contributed by atoms with E-state index in [2.05, 4.69) is 20.3 Å². The van der Waals surface area contributed by atoms with Gasteiger partial charge in [0.05, 0.1) is 24.4 Å². The van der Waals surface area contributed by atoms with E-state index < -0.39 is 17.5 Å². The van der Waals surface area contributed by atoms with E-state index in [9.17, 15) is 9.59 Å². The number of hydrogen-bond donors (Lipinski definition) is 3. The lowest BCUT2D eigenvalue weighted by molar-refractivity contribution is -0.112. The Bertz CT molecular complexity index is 1480. The minimum absolute atomic E-state index is 0.0292. The molecule has 0 spiro atoms. The monoisotopic (exact) mass is 555 g/mol. The first-order valence-electron chi connectivity index (χ1n) is 11.7. The third-order valence-corrected chi connectivity index (χ3v) is 6.47. The number of ether oxygens (including phenoxy) is 1. The molecule has 1 fully saturated rings. The molecule has 4 rings (SSSR count). The Labute approximate surface area is 229 Å². The van der Waals surface area contributed by atoms with Gasteiger partial charge in [-0.3, -0.25) is 19.9 Å². The molecule has 0 bridgehead atoms. The van der Waals surface area contributed by atoms with Crippen molar-refractivity contribution in [3.05, 3.63) is 80.0 Å². The average Bonchev–Trinajstić information content (AvgIpc) is 3.14. The zero-order valence-corrected chi connectivity index (χ0v) is 23.0. The molecule has 0 saturated carbocycles. The van der Waals surface area contributed by atoms with Gasteiger partial charge < -0.3 is 19.9 Å². The number of carbonyl (C=O) groups is 1. The van der Waals surface area contributed by atoms with E-state index in [0.717, 1.165) is 0 Å². The van der Waals surface area contributed by atoms with Crippen molar-refractivity contribution in [1.82, 2.24) is 15.0 Å². The summed E-state index contributed by atoms with van der Waals surface area (Å²) in [7, 11) is 5.13. The first-order chi connectivity index (χ1) is 18.0. The molecule has 0 radical (unpaired) electrons. The Kier molecular flexibility index (Phi) is 7.75. The number of halogens is 2. The minimum Gasteiger partial charge on any atom is -0.479 e. The molecule has 1 aliphatic rings. The number of benzene rings is 1. The Morgan fingerprint density at radius 3 is 2.47 bits per heavy atom. The molecule has 2 aromatic heterocycles. The van der Waals surface area contributed by atoms with E-state index in [-0.39, 0.29) is 22.3 Å². The molecular formula is C26H27Cl2N7O3. The molecule has 198 valence electrons. The molecule has 12 heteroatoms. The van der Waals surface area contributed by atoms with Crippen molar-refractivity contribution in [2.24, 2.45) is 5.92 Å². The average molecular weight is 556 g/mol. The SMILES string of the molecule is COc1nc(N(C)C)ncc1N/C(=C1\C(=N)C(=O)N(c2cc(Cl)c[nH]c2=O)[C@H]1c1ccc(Cl)cc1)C(C)C. The maximum atomic E-state index is 13.6. The second kappa shape index (κ2) is 10.8. The predicted molar refractivity (Wildman–Crippen MR) is 150 cm³/mol. The van der Waals surface area contributed by atoms with Crippen LogP contribution in [0.5, 0.6) is 5.88 Å². The summed E-state index contributed by atoms with van der Waals surface area (Å²) in [6, 6.07) is 7.51. The van der Waals surface area contributed by atoms with Gasteiger partial charge in [-0.25, -0.2) is 4.98 Å². The van der Waals surface area contributed by atoms with Gasteiger partial charge >= 0.3 is 0 Å². The standard InChI is InChI=1S/C26H27Cl2N7O3/c1-13(2)21(32-17-12-31-26(34(3)4)33-24(17)38-5)19-20(29)25(37)35(18-10-16(28)11-30-23(18)36)22(19)14-6-8-15(27)9-7-14/h6-13,22,29,32H,1-5H3,(H,30,36)/b21-19+,29-20?/t22-/m0/s1. The number of nitrogens with zero attached hydrogens (tertiary/aromatic N) is 4. The van der Waals surface area contributed by atoms with Crippen molar-refractivity contribution < 1.29 is 9.53 Å². The van der Waals surface area contributed by atoms with Crippen molar-refractivity contribution in [1.29, 1.82) is 5.41 Å². The first kappa shape index (κ1) is 27.2. The van der Waals surface area contributed by atoms with Crippen LogP contribution in [0.3, 0.4) is 0 Å². The lowest BCUT2D eigenvalue weighted by atomic mass is 9.92. The largest absolute Gasteiger partial charge is 0.479 e. The van der Waals surface area contributed by atoms with E-state index in [4.69, 9.17) is 33.3 Å². The van der Waals surface area contributed by atoms with Gasteiger partial charge in [-0.05, 0) is 29.7 Å². The Morgan fingerprint density at radius 1 is 1.18 bits per heavy atom. The number of nitrogens with one attached hydrogen (secondary N) is 3. The molecule has 1 saturated heterocycles. The minimum atomic E-state index is -0.815. The molecular weight excluding hydrogens is 529 g/mol. The smallest absolute Gasteiger partial charge is 0.277 e. The van der Waals surface area contributed by atoms with Crippen molar-refractivity contribution in [3.63, 3.8) is 0 Å². The second-order valence-corrected chi connectivity index (χ2v) is 10.0. The Morgan fingerprint density at radius 2 is 1.87 bits per heavy atom. The fourth-order valence-electron chi connectivity index (χ4n) is 4.22. The number of amides is 1. The molecule has 10 nitrogen and oxygen atoms in total. The van der Waals surface area contributed by atoms with Gasteiger partial charge in [-0.15, -0.1) is 0 Å². The van der Waals surface area contributed by atoms with Crippen molar-refractivity contribution in [3.8, 4) is 5.88 Å². The van der Waals surface area contributed by atoms with Gasteiger partial charge in [0.15, 0.2) is 0 Å². The zero-order valence-electron chi connectivity index (χ0n) is 21.5. The van der Waals surface area contributed by atoms with Gasteiger partial charge in [0, 0.05) is 36.6 Å². The maximum absolute atomic E-state index is 13.6. The van der Waals surface area contributed by atoms with Crippen molar-refractivity contribution in [2.45, 2.75) is 19.9 Å². The first-order valence-corrected chi connectivity index (χ1v) is 12.4. The highest BCUT2D eigenvalue weighted by atomic mass is 35.5. The van der Waals surface area contributed by atoms with Crippen LogP contribution in [-0.2, 0) is 4.79 Å². The van der Waals surface area contributed by atoms with E-state index in [0.29, 0.717) is 39.4 Å². The molecule has 1 atom stereocenters. The molecule has 38 heavy (non-hydrogen) atoms. The van der Waals surface area contributed by atoms with E-state index in [1.165, 1.54) is 24.3 Å². The molecule has 3 aromatic rings. The number of rotatable bonds is 7. The van der Waals surface area contributed by atoms with Crippen LogP contribution in [0.4, 0.5) is 17.3 Å². The normalized spacial score (nSPS) is 16.7. The Hall–Kier alpha value is -3.89. The molecule has 0 unspecified atom stereocenters. The van der Waals surface area contributed by atoms with Gasteiger partial charge in [-0.2, -0.15) is 4.98 Å². The van der Waals surface area contributed by atoms with Gasteiger partial charge in [-0.1, -0.05) is 49.2 Å². The highest BCUT2D eigenvalue weighted by molar-refractivity contribution is 6.52. The van der Waals surface area contributed by atoms with Gasteiger partial charge in [0.1, 0.15) is 17.1 Å². The number of aromatic amines is 1. The number of anilines is 3. The highest BCUT2D eigenvalue weighted by Gasteiger charge is 2.45. The number of hydrogen-bond acceptors (Lipinski definition) is 8. The summed E-state index contributed by atoms with van der Waals surface area (Å²) in [6.45, 7) is 3.87. The van der Waals surface area contributed by atoms with Crippen LogP contribution < -0.4 is 25.4 Å². The fraction of sp³-hybridized carbons (Fsp3) is 0.269. The van der Waals surface area contributed by atoms with Gasteiger partial charge in [0.25, 0.3) is 11.5 Å². The van der Waals surface area contributed by atoms with E-state index in [1.54, 1.807) is 35.4 Å². The van der Waals surface area contributed by atoms with Crippen LogP contribution in [-0.4, -0.2) is 47.8 Å². The summed E-state index contributed by atoms with van der Waals surface area (Å²) in [5.41, 5.74) is 1.35. The van der Waals surface area contributed by atoms with Crippen LogP contribution in [0.2, 0.25) is 10.0 Å². The maximum Gasteiger partial charge on any atom is 0.277 e. The topological polar surface area (TPSA) is 127 Å². The molecule has 1 aromatic carbocycles. The predicted octanol–water partition coefficient (Wildman–Crippen LogP) is 4.68. The summed E-state index contributed by atoms with van der Waals surface area (Å²) in [5, 5.41) is 13.0. The highest BCUT2D eigenvalue weighted by Crippen LogP contribution is 2.42. The number of methoxy groups -OCH3 is 1. The van der Waals surface area contributed by atoms with E-state index >= 15 is 0 Å². The summed E-state index contributed by atoms with van der Waals surface area (Å²) in [6.07, 6.45) is 2.93. The third kappa shape index (κ3) is 5.09. The second-order valence-electron chi connectivity index (χ2n) is 9.13. The third-order valence-electron chi connectivity index (χ3n) is 6.00. The number of carbonyl (C=O) groups excluding carboxylic acids is 1. The lowest BCUT2D eigenvalue weighted by Gasteiger charge is -2.27. The van der Waals surface area contributed by atoms with Crippen LogP contribution in [0.1, 0.15) is 25.5 Å². The van der Waals surface area contributed by atoms with Gasteiger partial charge in [0.2, 0.25) is 11.8 Å². The quantitative estimate of drug-likeness (QED) is 0.386. The van der Waals surface area contributed by atoms with Crippen LogP contribution >= 0.6 is 23.2 Å². The van der Waals surface area contributed by atoms with Crippen LogP contribution in [0.25, 0.3) is 0 Å². The molecule has 1 aliphatic heterocycles. The zero-order chi connectivity index (χ0) is 27.7. The summed E-state index contributed by atoms with van der Waals surface area (Å²) < 4.78 is 5.50. The van der Waals surface area contributed by atoms with E-state index in [1.807, 2.05) is 27.9 Å². The van der Waals surface area contributed by atoms with Crippen molar-refractivity contribution >= 4 is 52.1 Å². The summed E-state index contributed by atoms with van der Waals surface area (Å²) in [4.78, 5) is 40.9. The Balaban J connectivity index is 1.96. The number of H-pyrrole nitrogens is 1. The van der Waals surface area contributed by atoms with Crippen LogP contribution in [0.15, 0.2) is 58.8 Å². The fourth-order valence-corrected chi connectivity index (χ4v) is 4.50. The molecule has 3 heterocycles. The number of allylic oxidation sites excluding steroid dienone is 1. The van der Waals surface area contributed by atoms with Crippen molar-refractivity contribution in [2.75, 3.05) is 36.3 Å². The molecule has 3 N–H and O–H groups in total. The summed E-state index contributed by atoms with van der Waals surface area (Å²) >= 11 is 12.3. The lowest BCUT2D eigenvalue weighted by Crippen LogP contribution is -2.33. The number of aromatic nitrogens is 3. The van der Waals surface area contributed by atoms with Crippen LogP contribution in [0, 0.1) is 11.3 Å².